The molecule has 1 N–H and O–H groups in total. The normalized spacial score (nSPS) is 14.2. The summed E-state index contributed by atoms with van der Waals surface area (Å²) in [5.74, 6) is 1.68. The molecule has 0 spiro atoms. The average Bonchev–Trinajstić information content (AvgIpc) is 3.28. The Labute approximate surface area is 136 Å². The van der Waals surface area contributed by atoms with Gasteiger partial charge in [-0.25, -0.2) is 9.97 Å². The summed E-state index contributed by atoms with van der Waals surface area (Å²) in [4.78, 5) is 11.0. The minimum Gasteiger partial charge on any atom is -0.378 e. The van der Waals surface area contributed by atoms with E-state index in [4.69, 9.17) is 0 Å². The maximum Gasteiger partial charge on any atom is 0.132 e. The van der Waals surface area contributed by atoms with Gasteiger partial charge in [0.05, 0.1) is 18.0 Å². The molecule has 0 atom stereocenters. The summed E-state index contributed by atoms with van der Waals surface area (Å²) in [6, 6.07) is 10.4. The van der Waals surface area contributed by atoms with Gasteiger partial charge in [0.25, 0.3) is 0 Å². The number of anilines is 3. The van der Waals surface area contributed by atoms with Crippen LogP contribution in [0.25, 0.3) is 11.0 Å². The van der Waals surface area contributed by atoms with E-state index in [0.29, 0.717) is 0 Å². The number of hydrogen-bond donors (Lipinski definition) is 1. The fourth-order valence-corrected chi connectivity index (χ4v) is 2.76. The van der Waals surface area contributed by atoms with Crippen molar-refractivity contribution in [1.29, 1.82) is 0 Å². The Morgan fingerprint density at radius 3 is 2.87 bits per heavy atom. The molecule has 2 aromatic heterocycles. The van der Waals surface area contributed by atoms with E-state index in [9.17, 15) is 0 Å². The molecule has 1 saturated carbocycles. The molecule has 0 bridgehead atoms. The van der Waals surface area contributed by atoms with Gasteiger partial charge in [-0.3, -0.25) is 0 Å². The molecule has 0 unspecified atom stereocenters. The number of nitrogens with one attached hydrogen (secondary N) is 1. The van der Waals surface area contributed by atoms with Gasteiger partial charge in [-0.15, -0.1) is 0 Å². The third kappa shape index (κ3) is 2.99. The Bertz CT molecular complexity index is 832. The summed E-state index contributed by atoms with van der Waals surface area (Å²) < 4.78 is 2.25. The first-order valence-corrected chi connectivity index (χ1v) is 8.04. The molecule has 118 valence electrons. The van der Waals surface area contributed by atoms with Crippen molar-refractivity contribution in [2.45, 2.75) is 19.4 Å². The third-order valence-electron chi connectivity index (χ3n) is 4.29. The standard InChI is InChI=1S/C18H21N5/c1-22(2)15-5-3-4-14(8-15)21-18-9-17-16(10-19-18)20-12-23(17)11-13-6-7-13/h3-5,8-10,12-13H,6-7,11H2,1-2H3,(H,19,21). The topological polar surface area (TPSA) is 46.0 Å². The van der Waals surface area contributed by atoms with Gasteiger partial charge in [-0.2, -0.15) is 0 Å². The van der Waals surface area contributed by atoms with Crippen molar-refractivity contribution >= 4 is 28.2 Å². The van der Waals surface area contributed by atoms with Crippen molar-refractivity contribution in [2.24, 2.45) is 5.92 Å². The van der Waals surface area contributed by atoms with E-state index in [2.05, 4.69) is 49.0 Å². The molecule has 1 fully saturated rings. The molecule has 0 aliphatic heterocycles. The summed E-state index contributed by atoms with van der Waals surface area (Å²) in [5.41, 5.74) is 4.31. The molecule has 5 nitrogen and oxygen atoms in total. The van der Waals surface area contributed by atoms with Crippen LogP contribution in [0.4, 0.5) is 17.2 Å². The van der Waals surface area contributed by atoms with E-state index in [1.165, 1.54) is 12.8 Å². The number of imidazole rings is 1. The molecule has 1 aromatic carbocycles. The lowest BCUT2D eigenvalue weighted by Gasteiger charge is -2.14. The minimum absolute atomic E-state index is 0.828. The predicted molar refractivity (Wildman–Crippen MR) is 94.3 cm³/mol. The summed E-state index contributed by atoms with van der Waals surface area (Å²) in [7, 11) is 4.08. The summed E-state index contributed by atoms with van der Waals surface area (Å²) in [6.07, 6.45) is 6.46. The second kappa shape index (κ2) is 5.57. The Morgan fingerprint density at radius 2 is 2.09 bits per heavy atom. The smallest absolute Gasteiger partial charge is 0.132 e. The van der Waals surface area contributed by atoms with Gasteiger partial charge < -0.3 is 14.8 Å². The van der Waals surface area contributed by atoms with E-state index >= 15 is 0 Å². The van der Waals surface area contributed by atoms with E-state index in [-0.39, 0.29) is 0 Å². The highest BCUT2D eigenvalue weighted by molar-refractivity contribution is 5.78. The maximum atomic E-state index is 4.48. The molecule has 23 heavy (non-hydrogen) atoms. The molecule has 0 amide bonds. The number of fused-ring (bicyclic) bond motifs is 1. The highest BCUT2D eigenvalue weighted by Gasteiger charge is 2.22. The highest BCUT2D eigenvalue weighted by atomic mass is 15.1. The number of pyridine rings is 1. The number of benzene rings is 1. The Morgan fingerprint density at radius 1 is 1.22 bits per heavy atom. The fraction of sp³-hybridized carbons (Fsp3) is 0.333. The van der Waals surface area contributed by atoms with Crippen LogP contribution >= 0.6 is 0 Å². The van der Waals surface area contributed by atoms with Crippen LogP contribution in [0.5, 0.6) is 0 Å². The summed E-state index contributed by atoms with van der Waals surface area (Å²) >= 11 is 0. The maximum absolute atomic E-state index is 4.48. The highest BCUT2D eigenvalue weighted by Crippen LogP contribution is 2.32. The number of rotatable bonds is 5. The van der Waals surface area contributed by atoms with Crippen LogP contribution in [0, 0.1) is 5.92 Å². The minimum atomic E-state index is 0.828. The molecule has 0 saturated heterocycles. The van der Waals surface area contributed by atoms with Crippen molar-refractivity contribution in [1.82, 2.24) is 14.5 Å². The Balaban J connectivity index is 1.62. The summed E-state index contributed by atoms with van der Waals surface area (Å²) in [5, 5.41) is 3.40. The molecule has 3 aromatic rings. The monoisotopic (exact) mass is 307 g/mol. The molecule has 1 aliphatic carbocycles. The van der Waals surface area contributed by atoms with Gasteiger partial charge in [0.1, 0.15) is 11.3 Å². The number of aromatic nitrogens is 3. The van der Waals surface area contributed by atoms with Crippen LogP contribution in [0.2, 0.25) is 0 Å². The lowest BCUT2D eigenvalue weighted by molar-refractivity contribution is 0.642. The molecule has 4 rings (SSSR count). The van der Waals surface area contributed by atoms with E-state index in [1.54, 1.807) is 0 Å². The molecular formula is C18H21N5. The van der Waals surface area contributed by atoms with Crippen LogP contribution in [0.15, 0.2) is 42.9 Å². The lowest BCUT2D eigenvalue weighted by atomic mass is 10.2. The van der Waals surface area contributed by atoms with E-state index in [0.717, 1.165) is 40.7 Å². The van der Waals surface area contributed by atoms with Crippen LogP contribution in [0.3, 0.4) is 0 Å². The number of nitrogens with zero attached hydrogens (tertiary/aromatic N) is 4. The predicted octanol–water partition coefficient (Wildman–Crippen LogP) is 3.65. The lowest BCUT2D eigenvalue weighted by Crippen LogP contribution is -2.08. The zero-order valence-electron chi connectivity index (χ0n) is 13.5. The van der Waals surface area contributed by atoms with Gasteiger partial charge in [-0.1, -0.05) is 6.07 Å². The zero-order valence-corrected chi connectivity index (χ0v) is 13.5. The molecule has 1 aliphatic rings. The van der Waals surface area contributed by atoms with Crippen LogP contribution in [-0.2, 0) is 6.54 Å². The van der Waals surface area contributed by atoms with Gasteiger partial charge in [0.2, 0.25) is 0 Å². The molecule has 0 radical (unpaired) electrons. The first kappa shape index (κ1) is 14.1. The van der Waals surface area contributed by atoms with Crippen LogP contribution < -0.4 is 10.2 Å². The first-order chi connectivity index (χ1) is 11.2. The van der Waals surface area contributed by atoms with Crippen molar-refractivity contribution in [3.8, 4) is 0 Å². The van der Waals surface area contributed by atoms with Crippen LogP contribution in [0.1, 0.15) is 12.8 Å². The first-order valence-electron chi connectivity index (χ1n) is 8.04. The van der Waals surface area contributed by atoms with Crippen molar-refractivity contribution in [2.75, 3.05) is 24.3 Å². The second-order valence-electron chi connectivity index (χ2n) is 6.47. The van der Waals surface area contributed by atoms with Crippen LogP contribution in [-0.4, -0.2) is 28.6 Å². The van der Waals surface area contributed by atoms with Gasteiger partial charge in [-0.05, 0) is 37.0 Å². The zero-order chi connectivity index (χ0) is 15.8. The largest absolute Gasteiger partial charge is 0.378 e. The van der Waals surface area contributed by atoms with E-state index in [1.807, 2.05) is 32.7 Å². The molecular weight excluding hydrogens is 286 g/mol. The number of hydrogen-bond acceptors (Lipinski definition) is 4. The average molecular weight is 307 g/mol. The van der Waals surface area contributed by atoms with Crippen molar-refractivity contribution in [3.63, 3.8) is 0 Å². The SMILES string of the molecule is CN(C)c1cccc(Nc2cc3c(cn2)ncn3CC2CC2)c1. The Hall–Kier alpha value is -2.56. The van der Waals surface area contributed by atoms with Gasteiger partial charge >= 0.3 is 0 Å². The molecule has 5 heteroatoms. The van der Waals surface area contributed by atoms with Crippen molar-refractivity contribution in [3.05, 3.63) is 42.9 Å². The molecule has 2 heterocycles. The van der Waals surface area contributed by atoms with Gasteiger partial charge in [0.15, 0.2) is 0 Å². The van der Waals surface area contributed by atoms with E-state index < -0.39 is 0 Å². The quantitative estimate of drug-likeness (QED) is 0.781. The fourth-order valence-electron chi connectivity index (χ4n) is 2.76. The summed E-state index contributed by atoms with van der Waals surface area (Å²) in [6.45, 7) is 1.07. The van der Waals surface area contributed by atoms with Gasteiger partial charge in [0, 0.05) is 38.1 Å². The Kier molecular flexibility index (Phi) is 3.41. The second-order valence-corrected chi connectivity index (χ2v) is 6.47. The van der Waals surface area contributed by atoms with Crippen molar-refractivity contribution < 1.29 is 0 Å². The third-order valence-corrected chi connectivity index (χ3v) is 4.29.